The molecule has 0 fully saturated rings. The number of hydrogen-bond acceptors (Lipinski definition) is 2. The third-order valence-corrected chi connectivity index (χ3v) is 2.51. The predicted octanol–water partition coefficient (Wildman–Crippen LogP) is 2.39. The van der Waals surface area contributed by atoms with E-state index in [1.54, 1.807) is 18.2 Å². The Kier molecular flexibility index (Phi) is 3.69. The minimum absolute atomic E-state index is 0.0500. The summed E-state index contributed by atoms with van der Waals surface area (Å²) in [5.74, 6) is -0.512. The minimum Gasteiger partial charge on any atom is -0.325 e. The lowest BCUT2D eigenvalue weighted by Gasteiger charge is -2.05. The molecule has 3 N–H and O–H groups in total. The number of carbonyl (C=O) groups excluding carboxylic acids is 1. The zero-order chi connectivity index (χ0) is 13.0. The zero-order valence-electron chi connectivity index (χ0n) is 9.69. The summed E-state index contributed by atoms with van der Waals surface area (Å²) in [6, 6.07) is 13.5. The molecular formula is C14H13FN2O. The van der Waals surface area contributed by atoms with Crippen LogP contribution in [0.2, 0.25) is 0 Å². The van der Waals surface area contributed by atoms with E-state index in [2.05, 4.69) is 5.32 Å². The molecule has 2 aromatic rings. The van der Waals surface area contributed by atoms with Crippen molar-refractivity contribution in [2.24, 2.45) is 5.73 Å². The molecule has 0 aliphatic heterocycles. The lowest BCUT2D eigenvalue weighted by atomic mass is 10.1. The molecule has 0 atom stereocenters. The molecule has 2 rings (SSSR count). The quantitative estimate of drug-likeness (QED) is 0.871. The smallest absolute Gasteiger partial charge is 0.238 e. The fraction of sp³-hybridized carbons (Fsp3) is 0.0714. The van der Waals surface area contributed by atoms with E-state index in [9.17, 15) is 9.18 Å². The first-order valence-electron chi connectivity index (χ1n) is 5.55. The Morgan fingerprint density at radius 3 is 2.44 bits per heavy atom. The van der Waals surface area contributed by atoms with Crippen molar-refractivity contribution in [3.63, 3.8) is 0 Å². The summed E-state index contributed by atoms with van der Waals surface area (Å²) in [6.07, 6.45) is 0. The predicted molar refractivity (Wildman–Crippen MR) is 69.5 cm³/mol. The van der Waals surface area contributed by atoms with Crippen molar-refractivity contribution in [3.05, 3.63) is 54.3 Å². The average molecular weight is 244 g/mol. The van der Waals surface area contributed by atoms with Crippen LogP contribution in [0.25, 0.3) is 11.1 Å². The second-order valence-electron chi connectivity index (χ2n) is 3.84. The standard InChI is InChI=1S/C14H13FN2O/c15-12-3-1-2-11(8-12)10-4-6-13(7-5-10)17-14(18)9-16/h1-8H,9,16H2,(H,17,18). The van der Waals surface area contributed by atoms with Crippen LogP contribution in [0.4, 0.5) is 10.1 Å². The molecule has 2 aromatic carbocycles. The SMILES string of the molecule is NCC(=O)Nc1ccc(-c2cccc(F)c2)cc1. The van der Waals surface area contributed by atoms with Gasteiger partial charge < -0.3 is 11.1 Å². The Bertz CT molecular complexity index is 552. The van der Waals surface area contributed by atoms with Gasteiger partial charge in [0.05, 0.1) is 6.54 Å². The summed E-state index contributed by atoms with van der Waals surface area (Å²) in [5, 5.41) is 2.64. The van der Waals surface area contributed by atoms with Gasteiger partial charge in [-0.25, -0.2) is 4.39 Å². The molecule has 18 heavy (non-hydrogen) atoms. The van der Waals surface area contributed by atoms with Gasteiger partial charge in [-0.3, -0.25) is 4.79 Å². The number of benzene rings is 2. The summed E-state index contributed by atoms with van der Waals surface area (Å²) >= 11 is 0. The Balaban J connectivity index is 2.19. The largest absolute Gasteiger partial charge is 0.325 e. The number of nitrogens with two attached hydrogens (primary N) is 1. The molecule has 0 saturated carbocycles. The van der Waals surface area contributed by atoms with Gasteiger partial charge in [-0.15, -0.1) is 0 Å². The number of hydrogen-bond donors (Lipinski definition) is 2. The normalized spacial score (nSPS) is 10.1. The highest BCUT2D eigenvalue weighted by molar-refractivity contribution is 5.92. The highest BCUT2D eigenvalue weighted by Crippen LogP contribution is 2.21. The van der Waals surface area contributed by atoms with E-state index in [0.717, 1.165) is 11.1 Å². The third kappa shape index (κ3) is 2.93. The molecule has 0 saturated heterocycles. The third-order valence-electron chi connectivity index (χ3n) is 2.51. The van der Waals surface area contributed by atoms with Gasteiger partial charge in [-0.2, -0.15) is 0 Å². The number of rotatable bonds is 3. The first-order valence-corrected chi connectivity index (χ1v) is 5.55. The van der Waals surface area contributed by atoms with Gasteiger partial charge >= 0.3 is 0 Å². The summed E-state index contributed by atoms with van der Waals surface area (Å²) in [4.78, 5) is 11.1. The first kappa shape index (κ1) is 12.3. The van der Waals surface area contributed by atoms with Crippen LogP contribution in [0.1, 0.15) is 0 Å². The molecule has 0 aliphatic rings. The Labute approximate surface area is 104 Å². The van der Waals surface area contributed by atoms with Crippen molar-refractivity contribution < 1.29 is 9.18 Å². The number of halogens is 1. The van der Waals surface area contributed by atoms with Crippen LogP contribution in [0.3, 0.4) is 0 Å². The summed E-state index contributed by atoms with van der Waals surface area (Å²) < 4.78 is 13.1. The molecule has 1 amide bonds. The maximum atomic E-state index is 13.1. The highest BCUT2D eigenvalue weighted by Gasteiger charge is 2.01. The van der Waals surface area contributed by atoms with Crippen LogP contribution in [0.5, 0.6) is 0 Å². The number of amides is 1. The topological polar surface area (TPSA) is 55.1 Å². The molecule has 0 unspecified atom stereocenters. The first-order chi connectivity index (χ1) is 8.69. The van der Waals surface area contributed by atoms with E-state index >= 15 is 0 Å². The molecule has 0 aliphatic carbocycles. The van der Waals surface area contributed by atoms with E-state index in [4.69, 9.17) is 5.73 Å². The second-order valence-corrected chi connectivity index (χ2v) is 3.84. The fourth-order valence-corrected chi connectivity index (χ4v) is 1.63. The number of carbonyl (C=O) groups is 1. The number of nitrogens with one attached hydrogen (secondary N) is 1. The maximum Gasteiger partial charge on any atom is 0.238 e. The van der Waals surface area contributed by atoms with Crippen molar-refractivity contribution in [2.45, 2.75) is 0 Å². The van der Waals surface area contributed by atoms with Gasteiger partial charge in [0.2, 0.25) is 5.91 Å². The van der Waals surface area contributed by atoms with E-state index in [0.29, 0.717) is 5.69 Å². The van der Waals surface area contributed by atoms with Gasteiger partial charge in [0.25, 0.3) is 0 Å². The van der Waals surface area contributed by atoms with Crippen molar-refractivity contribution in [2.75, 3.05) is 11.9 Å². The van der Waals surface area contributed by atoms with Crippen LogP contribution in [0.15, 0.2) is 48.5 Å². The lowest BCUT2D eigenvalue weighted by molar-refractivity contribution is -0.114. The van der Waals surface area contributed by atoms with E-state index in [1.165, 1.54) is 12.1 Å². The minimum atomic E-state index is -0.270. The molecule has 0 radical (unpaired) electrons. The van der Waals surface area contributed by atoms with Crippen molar-refractivity contribution in [1.29, 1.82) is 0 Å². The van der Waals surface area contributed by atoms with E-state index in [1.807, 2.05) is 18.2 Å². The number of anilines is 1. The van der Waals surface area contributed by atoms with E-state index < -0.39 is 0 Å². The summed E-state index contributed by atoms with van der Waals surface area (Å²) in [5.41, 5.74) is 7.56. The van der Waals surface area contributed by atoms with Gasteiger partial charge in [-0.1, -0.05) is 24.3 Å². The van der Waals surface area contributed by atoms with Crippen molar-refractivity contribution in [1.82, 2.24) is 0 Å². The molecule has 0 aromatic heterocycles. The second kappa shape index (κ2) is 5.42. The van der Waals surface area contributed by atoms with Crippen LogP contribution in [-0.4, -0.2) is 12.5 Å². The van der Waals surface area contributed by atoms with Crippen LogP contribution in [-0.2, 0) is 4.79 Å². The summed E-state index contributed by atoms with van der Waals surface area (Å²) in [7, 11) is 0. The maximum absolute atomic E-state index is 13.1. The van der Waals surface area contributed by atoms with Gasteiger partial charge in [0, 0.05) is 5.69 Å². The zero-order valence-corrected chi connectivity index (χ0v) is 9.69. The van der Waals surface area contributed by atoms with Gasteiger partial charge in [0.1, 0.15) is 5.82 Å². The molecular weight excluding hydrogens is 231 g/mol. The molecule has 4 heteroatoms. The Hall–Kier alpha value is -2.20. The molecule has 0 spiro atoms. The van der Waals surface area contributed by atoms with Crippen LogP contribution < -0.4 is 11.1 Å². The van der Waals surface area contributed by atoms with Gasteiger partial charge in [-0.05, 0) is 35.4 Å². The average Bonchev–Trinajstić information content (AvgIpc) is 2.39. The van der Waals surface area contributed by atoms with Crippen molar-refractivity contribution >= 4 is 11.6 Å². The van der Waals surface area contributed by atoms with Crippen molar-refractivity contribution in [3.8, 4) is 11.1 Å². The summed E-state index contributed by atoms with van der Waals surface area (Å²) in [6.45, 7) is -0.0500. The lowest BCUT2D eigenvalue weighted by Crippen LogP contribution is -2.21. The highest BCUT2D eigenvalue weighted by atomic mass is 19.1. The molecule has 0 bridgehead atoms. The van der Waals surface area contributed by atoms with E-state index in [-0.39, 0.29) is 18.3 Å². The Morgan fingerprint density at radius 1 is 1.11 bits per heavy atom. The molecule has 3 nitrogen and oxygen atoms in total. The Morgan fingerprint density at radius 2 is 1.83 bits per heavy atom. The van der Waals surface area contributed by atoms with Crippen LogP contribution >= 0.6 is 0 Å². The van der Waals surface area contributed by atoms with Crippen LogP contribution in [0, 0.1) is 5.82 Å². The monoisotopic (exact) mass is 244 g/mol. The molecule has 0 heterocycles. The molecule has 92 valence electrons. The fourth-order valence-electron chi connectivity index (χ4n) is 1.63. The van der Waals surface area contributed by atoms with Gasteiger partial charge in [0.15, 0.2) is 0 Å².